The molecule has 102 valence electrons. The lowest BCUT2D eigenvalue weighted by molar-refractivity contribution is 0.415. The zero-order valence-corrected chi connectivity index (χ0v) is 12.1. The summed E-state index contributed by atoms with van der Waals surface area (Å²) < 4.78 is 5.13. The zero-order valence-electron chi connectivity index (χ0n) is 12.1. The van der Waals surface area contributed by atoms with E-state index in [1.807, 2.05) is 43.4 Å². The van der Waals surface area contributed by atoms with Gasteiger partial charge < -0.3 is 10.1 Å². The van der Waals surface area contributed by atoms with E-state index in [4.69, 9.17) is 4.74 Å². The fourth-order valence-electron chi connectivity index (χ4n) is 1.53. The number of hydrogen-bond donors (Lipinski definition) is 1. The van der Waals surface area contributed by atoms with Gasteiger partial charge in [-0.2, -0.15) is 0 Å². The predicted molar refractivity (Wildman–Crippen MR) is 81.7 cm³/mol. The van der Waals surface area contributed by atoms with Crippen LogP contribution >= 0.6 is 0 Å². The molecule has 0 fully saturated rings. The molecule has 0 amide bonds. The first-order valence-corrected chi connectivity index (χ1v) is 6.53. The van der Waals surface area contributed by atoms with Crippen LogP contribution in [0.15, 0.2) is 42.6 Å². The molecule has 2 aromatic rings. The number of methoxy groups -OCH3 is 1. The van der Waals surface area contributed by atoms with Gasteiger partial charge in [0.05, 0.1) is 7.11 Å². The van der Waals surface area contributed by atoms with Gasteiger partial charge >= 0.3 is 0 Å². The predicted octanol–water partition coefficient (Wildman–Crippen LogP) is 4.22. The summed E-state index contributed by atoms with van der Waals surface area (Å²) in [6.07, 6.45) is 3.05. The van der Waals surface area contributed by atoms with Crippen molar-refractivity contribution in [1.29, 1.82) is 0 Å². The quantitative estimate of drug-likeness (QED) is 0.895. The fourth-order valence-corrected chi connectivity index (χ4v) is 1.53. The second kappa shape index (κ2) is 8.14. The highest BCUT2D eigenvalue weighted by molar-refractivity contribution is 5.66. The third-order valence-electron chi connectivity index (χ3n) is 2.44. The number of ether oxygens (including phenoxy) is 1. The lowest BCUT2D eigenvalue weighted by atomic mass is 10.1. The van der Waals surface area contributed by atoms with E-state index in [1.54, 1.807) is 13.3 Å². The molecule has 0 bridgehead atoms. The summed E-state index contributed by atoms with van der Waals surface area (Å²) in [7, 11) is 3.53. The molecule has 3 nitrogen and oxygen atoms in total. The van der Waals surface area contributed by atoms with Gasteiger partial charge in [-0.1, -0.05) is 32.4 Å². The first-order chi connectivity index (χ1) is 9.24. The van der Waals surface area contributed by atoms with E-state index in [-0.39, 0.29) is 0 Å². The number of hydrogen-bond acceptors (Lipinski definition) is 3. The average Bonchev–Trinajstić information content (AvgIpc) is 2.48. The highest BCUT2D eigenvalue weighted by Gasteiger charge is 1.99. The third-order valence-corrected chi connectivity index (χ3v) is 2.44. The van der Waals surface area contributed by atoms with Gasteiger partial charge in [0.15, 0.2) is 0 Å². The number of anilines is 1. The molecule has 3 heteroatoms. The van der Waals surface area contributed by atoms with Crippen molar-refractivity contribution in [2.45, 2.75) is 20.3 Å². The first kappa shape index (κ1) is 15.0. The zero-order chi connectivity index (χ0) is 14.1. The Balaban J connectivity index is 0.000000550. The van der Waals surface area contributed by atoms with Gasteiger partial charge in [-0.05, 0) is 35.4 Å². The van der Waals surface area contributed by atoms with Crippen LogP contribution < -0.4 is 10.1 Å². The second-order valence-electron chi connectivity index (χ2n) is 4.12. The Kier molecular flexibility index (Phi) is 6.44. The Morgan fingerprint density at radius 1 is 1.05 bits per heavy atom. The van der Waals surface area contributed by atoms with Crippen molar-refractivity contribution in [2.24, 2.45) is 0 Å². The van der Waals surface area contributed by atoms with Crippen molar-refractivity contribution in [3.05, 3.63) is 42.6 Å². The molecule has 0 atom stereocenters. The van der Waals surface area contributed by atoms with Crippen LogP contribution in [0.5, 0.6) is 5.75 Å². The highest BCUT2D eigenvalue weighted by atomic mass is 16.5. The summed E-state index contributed by atoms with van der Waals surface area (Å²) in [6, 6.07) is 12.0. The van der Waals surface area contributed by atoms with Crippen molar-refractivity contribution in [3.8, 4) is 16.9 Å². The van der Waals surface area contributed by atoms with Crippen molar-refractivity contribution in [3.63, 3.8) is 0 Å². The Morgan fingerprint density at radius 2 is 1.68 bits per heavy atom. The molecule has 0 aliphatic carbocycles. The van der Waals surface area contributed by atoms with Gasteiger partial charge in [0.25, 0.3) is 0 Å². The third kappa shape index (κ3) is 4.62. The lowest BCUT2D eigenvalue weighted by Crippen LogP contribution is -1.91. The second-order valence-corrected chi connectivity index (χ2v) is 4.12. The van der Waals surface area contributed by atoms with Crippen LogP contribution in [0.1, 0.15) is 20.3 Å². The number of nitrogens with one attached hydrogen (secondary N) is 1. The maximum atomic E-state index is 5.13. The normalized spacial score (nSPS) is 9.26. The number of aromatic nitrogens is 1. The van der Waals surface area contributed by atoms with Gasteiger partial charge in [0.2, 0.25) is 0 Å². The molecule has 0 spiro atoms. The smallest absolute Gasteiger partial charge is 0.126 e. The van der Waals surface area contributed by atoms with Crippen molar-refractivity contribution in [2.75, 3.05) is 19.5 Å². The van der Waals surface area contributed by atoms with E-state index < -0.39 is 0 Å². The van der Waals surface area contributed by atoms with E-state index >= 15 is 0 Å². The van der Waals surface area contributed by atoms with Crippen LogP contribution in [0, 0.1) is 0 Å². The molecule has 1 aromatic heterocycles. The Hall–Kier alpha value is -2.03. The molecule has 1 aromatic carbocycles. The highest BCUT2D eigenvalue weighted by Crippen LogP contribution is 2.23. The summed E-state index contributed by atoms with van der Waals surface area (Å²) >= 11 is 0. The monoisotopic (exact) mass is 258 g/mol. The SMILES string of the molecule is CCC.CNc1cc(-c2ccc(OC)cc2)ccn1. The standard InChI is InChI=1S/C13H14N2O.C3H8/c1-14-13-9-11(7-8-15-13)10-3-5-12(16-2)6-4-10;1-3-2/h3-9H,1-2H3,(H,14,15);3H2,1-2H3. The van der Waals surface area contributed by atoms with Gasteiger partial charge in [0.1, 0.15) is 11.6 Å². The molecule has 1 heterocycles. The molecule has 2 rings (SSSR count). The van der Waals surface area contributed by atoms with Gasteiger partial charge in [-0.15, -0.1) is 0 Å². The molecular weight excluding hydrogens is 236 g/mol. The minimum absolute atomic E-state index is 0.867. The number of nitrogens with zero attached hydrogens (tertiary/aromatic N) is 1. The van der Waals surface area contributed by atoms with Crippen molar-refractivity contribution in [1.82, 2.24) is 4.98 Å². The Bertz CT molecular complexity index is 480. The first-order valence-electron chi connectivity index (χ1n) is 6.53. The topological polar surface area (TPSA) is 34.1 Å². The molecule has 0 aliphatic rings. The van der Waals surface area contributed by atoms with E-state index in [2.05, 4.69) is 24.1 Å². The van der Waals surface area contributed by atoms with Crippen LogP contribution in [-0.2, 0) is 0 Å². The van der Waals surface area contributed by atoms with E-state index in [1.165, 1.54) is 6.42 Å². The largest absolute Gasteiger partial charge is 0.497 e. The minimum Gasteiger partial charge on any atom is -0.497 e. The number of pyridine rings is 1. The van der Waals surface area contributed by atoms with E-state index in [9.17, 15) is 0 Å². The number of rotatable bonds is 3. The molecule has 0 saturated heterocycles. The summed E-state index contributed by atoms with van der Waals surface area (Å²) in [5.74, 6) is 1.74. The van der Waals surface area contributed by atoms with Gasteiger partial charge in [-0.25, -0.2) is 4.98 Å². The van der Waals surface area contributed by atoms with Crippen LogP contribution in [0.25, 0.3) is 11.1 Å². The minimum atomic E-state index is 0.867. The maximum absolute atomic E-state index is 5.13. The van der Waals surface area contributed by atoms with Crippen LogP contribution in [-0.4, -0.2) is 19.1 Å². The number of benzene rings is 1. The summed E-state index contributed by atoms with van der Waals surface area (Å²) in [4.78, 5) is 4.18. The van der Waals surface area contributed by atoms with E-state index in [0.717, 1.165) is 22.7 Å². The van der Waals surface area contributed by atoms with Gasteiger partial charge in [-0.3, -0.25) is 0 Å². The lowest BCUT2D eigenvalue weighted by Gasteiger charge is -2.05. The molecule has 0 radical (unpaired) electrons. The van der Waals surface area contributed by atoms with Crippen LogP contribution in [0.3, 0.4) is 0 Å². The average molecular weight is 258 g/mol. The molecule has 1 N–H and O–H groups in total. The van der Waals surface area contributed by atoms with E-state index in [0.29, 0.717) is 0 Å². The maximum Gasteiger partial charge on any atom is 0.126 e. The van der Waals surface area contributed by atoms with Gasteiger partial charge in [0, 0.05) is 13.2 Å². The molecular formula is C16H22N2O. The Morgan fingerprint density at radius 3 is 2.21 bits per heavy atom. The molecule has 19 heavy (non-hydrogen) atoms. The summed E-state index contributed by atoms with van der Waals surface area (Å²) in [5.41, 5.74) is 2.29. The fraction of sp³-hybridized carbons (Fsp3) is 0.312. The van der Waals surface area contributed by atoms with Crippen molar-refractivity contribution < 1.29 is 4.74 Å². The van der Waals surface area contributed by atoms with Crippen LogP contribution in [0.2, 0.25) is 0 Å². The van der Waals surface area contributed by atoms with Crippen LogP contribution in [0.4, 0.5) is 5.82 Å². The Labute approximate surface area is 115 Å². The van der Waals surface area contributed by atoms with Crippen molar-refractivity contribution >= 4 is 5.82 Å². The summed E-state index contributed by atoms with van der Waals surface area (Å²) in [5, 5.41) is 3.02. The molecule has 0 saturated carbocycles. The molecule has 0 unspecified atom stereocenters. The summed E-state index contributed by atoms with van der Waals surface area (Å²) in [6.45, 7) is 4.25. The molecule has 0 aliphatic heterocycles.